The number of phosphoric acid groups is 1. The number of pyridine rings is 1. The molecule has 0 saturated heterocycles. The maximum atomic E-state index is 14.1. The van der Waals surface area contributed by atoms with Crippen molar-refractivity contribution < 1.29 is 27.6 Å². The van der Waals surface area contributed by atoms with Gasteiger partial charge in [-0.1, -0.05) is 66.7 Å². The SMILES string of the molecule is O=P(OCc1ccccc1)(OCc1ccccc1)Oc1cc(-c2cccs2)nc2cc3c(cc12)OCO3. The summed E-state index contributed by atoms with van der Waals surface area (Å²) in [6.45, 7) is 0.235. The van der Waals surface area contributed by atoms with Crippen molar-refractivity contribution in [2.45, 2.75) is 13.2 Å². The van der Waals surface area contributed by atoms with Crippen LogP contribution in [-0.4, -0.2) is 11.8 Å². The van der Waals surface area contributed by atoms with Crippen LogP contribution in [0, 0.1) is 0 Å². The first-order valence-corrected chi connectivity index (χ1v) is 13.9. The number of hydrogen-bond acceptors (Lipinski definition) is 8. The van der Waals surface area contributed by atoms with E-state index in [-0.39, 0.29) is 20.0 Å². The molecule has 9 heteroatoms. The Morgan fingerprint density at radius 2 is 1.46 bits per heavy atom. The average Bonchev–Trinajstić information content (AvgIpc) is 3.63. The fraction of sp³-hybridized carbons (Fsp3) is 0.107. The number of phosphoric ester groups is 1. The normalized spacial score (nSPS) is 12.6. The van der Waals surface area contributed by atoms with Crippen molar-refractivity contribution in [3.05, 3.63) is 108 Å². The zero-order valence-corrected chi connectivity index (χ0v) is 21.3. The van der Waals surface area contributed by atoms with Gasteiger partial charge in [-0.15, -0.1) is 11.3 Å². The van der Waals surface area contributed by atoms with Crippen LogP contribution < -0.4 is 14.0 Å². The molecule has 0 aliphatic carbocycles. The molecule has 37 heavy (non-hydrogen) atoms. The highest BCUT2D eigenvalue weighted by Gasteiger charge is 2.31. The van der Waals surface area contributed by atoms with Gasteiger partial charge < -0.3 is 14.0 Å². The Morgan fingerprint density at radius 1 is 0.811 bits per heavy atom. The topological polar surface area (TPSA) is 76.1 Å². The predicted molar refractivity (Wildman–Crippen MR) is 142 cm³/mol. The molecule has 1 aliphatic rings. The molecular weight excluding hydrogens is 509 g/mol. The van der Waals surface area contributed by atoms with Crippen LogP contribution in [0.25, 0.3) is 21.5 Å². The highest BCUT2D eigenvalue weighted by molar-refractivity contribution is 7.48. The zero-order chi connectivity index (χ0) is 25.1. The summed E-state index contributed by atoms with van der Waals surface area (Å²) < 4.78 is 43.0. The zero-order valence-electron chi connectivity index (χ0n) is 19.6. The van der Waals surface area contributed by atoms with E-state index in [4.69, 9.17) is 28.0 Å². The van der Waals surface area contributed by atoms with Crippen molar-refractivity contribution in [2.24, 2.45) is 0 Å². The monoisotopic (exact) mass is 531 g/mol. The summed E-state index contributed by atoms with van der Waals surface area (Å²) in [6.07, 6.45) is 0. The summed E-state index contributed by atoms with van der Waals surface area (Å²) in [4.78, 5) is 5.74. The summed E-state index contributed by atoms with van der Waals surface area (Å²) in [7, 11) is -4.09. The third-order valence-corrected chi connectivity index (χ3v) is 7.92. The van der Waals surface area contributed by atoms with Gasteiger partial charge in [0.1, 0.15) is 5.75 Å². The third-order valence-electron chi connectivity index (χ3n) is 5.71. The Kier molecular flexibility index (Phi) is 6.64. The minimum absolute atomic E-state index is 0.0556. The van der Waals surface area contributed by atoms with Crippen molar-refractivity contribution in [3.8, 4) is 27.8 Å². The van der Waals surface area contributed by atoms with Gasteiger partial charge in [-0.25, -0.2) is 9.55 Å². The molecule has 0 saturated carbocycles. The molecule has 0 N–H and O–H groups in total. The molecule has 0 unspecified atom stereocenters. The molecule has 0 amide bonds. The smallest absolute Gasteiger partial charge is 0.454 e. The van der Waals surface area contributed by atoms with E-state index in [2.05, 4.69) is 0 Å². The van der Waals surface area contributed by atoms with Gasteiger partial charge in [0.2, 0.25) is 6.79 Å². The molecule has 2 aromatic heterocycles. The van der Waals surface area contributed by atoms with E-state index < -0.39 is 7.82 Å². The van der Waals surface area contributed by atoms with E-state index in [0.717, 1.165) is 16.0 Å². The standard InChI is InChI=1S/C28H22NO6PS/c30-36(33-17-20-8-3-1-4-9-20,34-18-21-10-5-2-6-11-21)35-25-16-24(28-12-7-13-37-28)29-23-15-27-26(14-22(23)25)31-19-32-27/h1-16H,17-19H2. The lowest BCUT2D eigenvalue weighted by atomic mass is 10.1. The van der Waals surface area contributed by atoms with Gasteiger partial charge in [0.05, 0.1) is 29.3 Å². The second-order valence-electron chi connectivity index (χ2n) is 8.26. The quantitative estimate of drug-likeness (QED) is 0.181. The molecule has 0 fully saturated rings. The van der Waals surface area contributed by atoms with E-state index in [1.807, 2.05) is 78.2 Å². The van der Waals surface area contributed by atoms with Gasteiger partial charge >= 0.3 is 7.82 Å². The molecule has 3 aromatic carbocycles. The lowest BCUT2D eigenvalue weighted by molar-refractivity contribution is 0.143. The molecule has 5 aromatic rings. The third kappa shape index (κ3) is 5.38. The Bertz CT molecular complexity index is 1510. The molecule has 0 atom stereocenters. The molecule has 0 spiro atoms. The summed E-state index contributed by atoms with van der Waals surface area (Å²) in [5, 5.41) is 2.58. The number of aromatic nitrogens is 1. The fourth-order valence-corrected chi connectivity index (χ4v) is 5.75. The largest absolute Gasteiger partial charge is 0.530 e. The van der Waals surface area contributed by atoms with Crippen LogP contribution >= 0.6 is 19.2 Å². The lowest BCUT2D eigenvalue weighted by Crippen LogP contribution is -2.04. The highest BCUT2D eigenvalue weighted by Crippen LogP contribution is 2.53. The average molecular weight is 532 g/mol. The van der Waals surface area contributed by atoms with E-state index in [1.165, 1.54) is 0 Å². The molecule has 186 valence electrons. The van der Waals surface area contributed by atoms with E-state index in [9.17, 15) is 4.57 Å². The van der Waals surface area contributed by atoms with Gasteiger partial charge in [0, 0.05) is 17.5 Å². The van der Waals surface area contributed by atoms with E-state index in [0.29, 0.717) is 33.8 Å². The number of thiophene rings is 1. The first-order chi connectivity index (χ1) is 18.2. The lowest BCUT2D eigenvalue weighted by Gasteiger charge is -2.20. The summed E-state index contributed by atoms with van der Waals surface area (Å²) in [6, 6.07) is 28.2. The van der Waals surface area contributed by atoms with Gasteiger partial charge in [0.25, 0.3) is 0 Å². The number of benzene rings is 3. The maximum absolute atomic E-state index is 14.1. The van der Waals surface area contributed by atoms with Crippen LogP contribution in [0.15, 0.2) is 96.4 Å². The first kappa shape index (κ1) is 23.7. The van der Waals surface area contributed by atoms with Crippen LogP contribution in [0.1, 0.15) is 11.1 Å². The van der Waals surface area contributed by atoms with Crippen molar-refractivity contribution >= 4 is 30.1 Å². The predicted octanol–water partition coefficient (Wildman–Crippen LogP) is 7.61. The fourth-order valence-electron chi connectivity index (χ4n) is 3.88. The number of rotatable bonds is 9. The number of fused-ring (bicyclic) bond motifs is 2. The van der Waals surface area contributed by atoms with E-state index in [1.54, 1.807) is 29.5 Å². The summed E-state index contributed by atoms with van der Waals surface area (Å²) >= 11 is 1.55. The van der Waals surface area contributed by atoms with Crippen molar-refractivity contribution in [2.75, 3.05) is 6.79 Å². The van der Waals surface area contributed by atoms with Gasteiger partial charge in [-0.3, -0.25) is 9.05 Å². The summed E-state index contributed by atoms with van der Waals surface area (Å²) in [5.74, 6) is 1.47. The van der Waals surface area contributed by atoms with Crippen LogP contribution in [0.3, 0.4) is 0 Å². The van der Waals surface area contributed by atoms with Crippen LogP contribution in [0.4, 0.5) is 0 Å². The second-order valence-corrected chi connectivity index (χ2v) is 10.8. The van der Waals surface area contributed by atoms with Crippen molar-refractivity contribution in [1.29, 1.82) is 0 Å². The first-order valence-electron chi connectivity index (χ1n) is 11.6. The molecule has 0 bridgehead atoms. The number of nitrogens with zero attached hydrogens (tertiary/aromatic N) is 1. The van der Waals surface area contributed by atoms with Gasteiger partial charge in [-0.05, 0) is 28.6 Å². The maximum Gasteiger partial charge on any atom is 0.530 e. The highest BCUT2D eigenvalue weighted by atomic mass is 32.1. The molecule has 7 nitrogen and oxygen atoms in total. The Hall–Kier alpha value is -3.68. The minimum Gasteiger partial charge on any atom is -0.454 e. The Labute approximate surface area is 217 Å². The van der Waals surface area contributed by atoms with Crippen molar-refractivity contribution in [3.63, 3.8) is 0 Å². The molecule has 0 radical (unpaired) electrons. The van der Waals surface area contributed by atoms with Crippen LogP contribution in [0.2, 0.25) is 0 Å². The minimum atomic E-state index is -4.09. The van der Waals surface area contributed by atoms with Gasteiger partial charge in [0.15, 0.2) is 11.5 Å². The molecule has 1 aliphatic heterocycles. The molecular formula is C28H22NO6PS. The van der Waals surface area contributed by atoms with Crippen LogP contribution in [-0.2, 0) is 26.8 Å². The summed E-state index contributed by atoms with van der Waals surface area (Å²) in [5.41, 5.74) is 2.98. The van der Waals surface area contributed by atoms with E-state index >= 15 is 0 Å². The number of ether oxygens (including phenoxy) is 2. The van der Waals surface area contributed by atoms with Crippen LogP contribution in [0.5, 0.6) is 17.2 Å². The number of hydrogen-bond donors (Lipinski definition) is 0. The molecule has 6 rings (SSSR count). The second kappa shape index (κ2) is 10.4. The Balaban J connectivity index is 1.39. The Morgan fingerprint density at radius 3 is 2.08 bits per heavy atom. The molecule has 3 heterocycles. The van der Waals surface area contributed by atoms with Gasteiger partial charge in [-0.2, -0.15) is 0 Å². The van der Waals surface area contributed by atoms with Crippen molar-refractivity contribution in [1.82, 2.24) is 4.98 Å².